The first-order chi connectivity index (χ1) is 13.7. The zero-order valence-corrected chi connectivity index (χ0v) is 18.8. The van der Waals surface area contributed by atoms with Gasteiger partial charge < -0.3 is 9.47 Å². The molecular formula is C24H34Cl2O2. The van der Waals surface area contributed by atoms with Gasteiger partial charge in [-0.1, -0.05) is 57.2 Å². The first-order valence-electron chi connectivity index (χ1n) is 10.8. The maximum Gasteiger partial charge on any atom is 0.138 e. The molecule has 0 fully saturated rings. The third kappa shape index (κ3) is 7.72. The van der Waals surface area contributed by atoms with Crippen LogP contribution in [-0.4, -0.2) is 18.6 Å². The van der Waals surface area contributed by atoms with Gasteiger partial charge >= 0.3 is 0 Å². The summed E-state index contributed by atoms with van der Waals surface area (Å²) in [5.41, 5.74) is 0. The van der Waals surface area contributed by atoms with E-state index in [1.165, 1.54) is 25.7 Å². The molecule has 0 amide bonds. The van der Waals surface area contributed by atoms with Crippen molar-refractivity contribution in [3.63, 3.8) is 0 Å². The Kier molecular flexibility index (Phi) is 10.9. The standard InChI is InChI=1S/C24H34Cl2O2/c1-3-5-6-7-9-16-27-21-13-14-22-19(18-21)12-15-23(24(22)26)28-17-10-8-11-20(25)4-2/h12-15,18,20H,3-11,16-17H2,1-2H3. The number of rotatable bonds is 14. The van der Waals surface area contributed by atoms with Gasteiger partial charge in [0.15, 0.2) is 0 Å². The molecule has 1 atom stereocenters. The number of hydrogen-bond donors (Lipinski definition) is 0. The van der Waals surface area contributed by atoms with E-state index in [1.807, 2.05) is 18.2 Å². The number of ether oxygens (including phenoxy) is 2. The molecule has 1 unspecified atom stereocenters. The van der Waals surface area contributed by atoms with E-state index in [2.05, 4.69) is 26.0 Å². The van der Waals surface area contributed by atoms with Crippen LogP contribution in [0, 0.1) is 0 Å². The summed E-state index contributed by atoms with van der Waals surface area (Å²) in [6, 6.07) is 10.1. The van der Waals surface area contributed by atoms with Crippen LogP contribution in [0.15, 0.2) is 30.3 Å². The lowest BCUT2D eigenvalue weighted by Crippen LogP contribution is -2.01. The molecule has 0 saturated carbocycles. The number of alkyl halides is 1. The molecule has 2 aromatic rings. The monoisotopic (exact) mass is 424 g/mol. The molecule has 4 heteroatoms. The Labute approximate surface area is 180 Å². The molecule has 0 aliphatic carbocycles. The van der Waals surface area contributed by atoms with Gasteiger partial charge in [0.2, 0.25) is 0 Å². The number of benzene rings is 2. The van der Waals surface area contributed by atoms with E-state index in [4.69, 9.17) is 32.7 Å². The van der Waals surface area contributed by atoms with Crippen molar-refractivity contribution in [2.45, 2.75) is 77.0 Å². The second-order valence-electron chi connectivity index (χ2n) is 7.37. The molecule has 0 aromatic heterocycles. The van der Waals surface area contributed by atoms with Gasteiger partial charge in [-0.2, -0.15) is 0 Å². The van der Waals surface area contributed by atoms with Crippen molar-refractivity contribution in [2.24, 2.45) is 0 Å². The molecule has 2 aromatic carbocycles. The smallest absolute Gasteiger partial charge is 0.138 e. The molecule has 2 rings (SSSR count). The highest BCUT2D eigenvalue weighted by Crippen LogP contribution is 2.34. The quantitative estimate of drug-likeness (QED) is 0.223. The van der Waals surface area contributed by atoms with E-state index in [-0.39, 0.29) is 5.38 Å². The molecule has 0 aliphatic heterocycles. The second kappa shape index (κ2) is 13.2. The Morgan fingerprint density at radius 2 is 1.61 bits per heavy atom. The molecule has 156 valence electrons. The first kappa shape index (κ1) is 23.2. The summed E-state index contributed by atoms with van der Waals surface area (Å²) in [6.07, 6.45) is 10.3. The van der Waals surface area contributed by atoms with Crippen LogP contribution in [0.2, 0.25) is 5.02 Å². The van der Waals surface area contributed by atoms with Gasteiger partial charge in [0.05, 0.1) is 18.2 Å². The minimum atomic E-state index is 0.275. The Morgan fingerprint density at radius 1 is 0.857 bits per heavy atom. The van der Waals surface area contributed by atoms with Crippen molar-refractivity contribution in [3.05, 3.63) is 35.4 Å². The highest BCUT2D eigenvalue weighted by molar-refractivity contribution is 6.37. The van der Waals surface area contributed by atoms with Gasteiger partial charge in [0.25, 0.3) is 0 Å². The topological polar surface area (TPSA) is 18.5 Å². The Balaban J connectivity index is 1.84. The van der Waals surface area contributed by atoms with E-state index in [0.717, 1.165) is 61.0 Å². The summed E-state index contributed by atoms with van der Waals surface area (Å²) >= 11 is 12.7. The Hall–Kier alpha value is -1.12. The van der Waals surface area contributed by atoms with Crippen LogP contribution in [0.4, 0.5) is 0 Å². The van der Waals surface area contributed by atoms with E-state index >= 15 is 0 Å². The van der Waals surface area contributed by atoms with Crippen LogP contribution in [0.25, 0.3) is 10.8 Å². The lowest BCUT2D eigenvalue weighted by molar-refractivity contribution is 0.304. The largest absolute Gasteiger partial charge is 0.494 e. The molecular weight excluding hydrogens is 391 g/mol. The maximum atomic E-state index is 6.57. The SMILES string of the molecule is CCCCCCCOc1ccc2c(Cl)c(OCCCCC(Cl)CC)ccc2c1. The van der Waals surface area contributed by atoms with Crippen LogP contribution in [0.5, 0.6) is 11.5 Å². The highest BCUT2D eigenvalue weighted by Gasteiger charge is 2.08. The Morgan fingerprint density at radius 3 is 2.39 bits per heavy atom. The third-order valence-electron chi connectivity index (χ3n) is 5.02. The minimum absolute atomic E-state index is 0.275. The number of fused-ring (bicyclic) bond motifs is 1. The lowest BCUT2D eigenvalue weighted by Gasteiger charge is -2.12. The fourth-order valence-electron chi connectivity index (χ4n) is 3.20. The average molecular weight is 425 g/mol. The fourth-order valence-corrected chi connectivity index (χ4v) is 3.64. The van der Waals surface area contributed by atoms with Crippen molar-refractivity contribution >= 4 is 34.0 Å². The minimum Gasteiger partial charge on any atom is -0.494 e. The zero-order valence-electron chi connectivity index (χ0n) is 17.3. The molecule has 28 heavy (non-hydrogen) atoms. The van der Waals surface area contributed by atoms with E-state index in [9.17, 15) is 0 Å². The molecule has 0 radical (unpaired) electrons. The van der Waals surface area contributed by atoms with Crippen LogP contribution in [0.3, 0.4) is 0 Å². The van der Waals surface area contributed by atoms with E-state index in [1.54, 1.807) is 0 Å². The zero-order chi connectivity index (χ0) is 20.2. The molecule has 0 spiro atoms. The van der Waals surface area contributed by atoms with E-state index < -0.39 is 0 Å². The lowest BCUT2D eigenvalue weighted by atomic mass is 10.1. The van der Waals surface area contributed by atoms with Crippen molar-refractivity contribution in [2.75, 3.05) is 13.2 Å². The van der Waals surface area contributed by atoms with Crippen molar-refractivity contribution in [3.8, 4) is 11.5 Å². The fraction of sp³-hybridized carbons (Fsp3) is 0.583. The first-order valence-corrected chi connectivity index (χ1v) is 11.6. The molecule has 0 bridgehead atoms. The predicted molar refractivity (Wildman–Crippen MR) is 122 cm³/mol. The summed E-state index contributed by atoms with van der Waals surface area (Å²) in [5.74, 6) is 1.65. The van der Waals surface area contributed by atoms with Crippen LogP contribution in [-0.2, 0) is 0 Å². The van der Waals surface area contributed by atoms with Crippen LogP contribution < -0.4 is 9.47 Å². The third-order valence-corrected chi connectivity index (χ3v) is 5.94. The van der Waals surface area contributed by atoms with Gasteiger partial charge in [-0.25, -0.2) is 0 Å². The summed E-state index contributed by atoms with van der Waals surface area (Å²) in [4.78, 5) is 0. The van der Waals surface area contributed by atoms with Gasteiger partial charge in [-0.15, -0.1) is 11.6 Å². The molecule has 0 saturated heterocycles. The predicted octanol–water partition coefficient (Wildman–Crippen LogP) is 8.41. The van der Waals surface area contributed by atoms with Crippen molar-refractivity contribution in [1.82, 2.24) is 0 Å². The number of halogens is 2. The molecule has 2 nitrogen and oxygen atoms in total. The summed E-state index contributed by atoms with van der Waals surface area (Å²) in [7, 11) is 0. The molecule has 0 N–H and O–H groups in total. The summed E-state index contributed by atoms with van der Waals surface area (Å²) in [6.45, 7) is 5.78. The Bertz CT molecular complexity index is 702. The van der Waals surface area contributed by atoms with Crippen LogP contribution >= 0.6 is 23.2 Å². The summed E-state index contributed by atoms with van der Waals surface area (Å²) in [5, 5.41) is 3.03. The van der Waals surface area contributed by atoms with Gasteiger partial charge in [-0.3, -0.25) is 0 Å². The van der Waals surface area contributed by atoms with Crippen molar-refractivity contribution in [1.29, 1.82) is 0 Å². The molecule has 0 aliphatic rings. The average Bonchev–Trinajstić information content (AvgIpc) is 2.71. The van der Waals surface area contributed by atoms with Gasteiger partial charge in [0.1, 0.15) is 11.5 Å². The normalized spacial score (nSPS) is 12.3. The maximum absolute atomic E-state index is 6.57. The number of unbranched alkanes of at least 4 members (excludes halogenated alkanes) is 5. The summed E-state index contributed by atoms with van der Waals surface area (Å²) < 4.78 is 11.8. The van der Waals surface area contributed by atoms with Crippen LogP contribution in [0.1, 0.15) is 71.6 Å². The van der Waals surface area contributed by atoms with Crippen molar-refractivity contribution < 1.29 is 9.47 Å². The van der Waals surface area contributed by atoms with Gasteiger partial charge in [-0.05, 0) is 61.8 Å². The van der Waals surface area contributed by atoms with Gasteiger partial charge in [0, 0.05) is 10.8 Å². The second-order valence-corrected chi connectivity index (χ2v) is 8.37. The number of hydrogen-bond acceptors (Lipinski definition) is 2. The highest BCUT2D eigenvalue weighted by atomic mass is 35.5. The molecule has 0 heterocycles. The van der Waals surface area contributed by atoms with E-state index in [0.29, 0.717) is 11.6 Å².